The maximum atomic E-state index is 12.1. The van der Waals surface area contributed by atoms with Gasteiger partial charge in [0, 0.05) is 18.0 Å². The summed E-state index contributed by atoms with van der Waals surface area (Å²) < 4.78 is 5.25. The number of carboxylic acids is 1. The van der Waals surface area contributed by atoms with Gasteiger partial charge in [-0.2, -0.15) is 0 Å². The molecule has 1 rings (SSSR count). The van der Waals surface area contributed by atoms with Gasteiger partial charge in [0.15, 0.2) is 5.54 Å². The van der Waals surface area contributed by atoms with Crippen LogP contribution in [-0.4, -0.2) is 46.3 Å². The van der Waals surface area contributed by atoms with E-state index in [0.717, 1.165) is 0 Å². The number of nitrogens with zero attached hydrogens (tertiary/aromatic N) is 4. The maximum absolute atomic E-state index is 12.1. The molecule has 8 nitrogen and oxygen atoms in total. The van der Waals surface area contributed by atoms with Crippen LogP contribution >= 0.6 is 0 Å². The van der Waals surface area contributed by atoms with Gasteiger partial charge < -0.3 is 14.7 Å². The van der Waals surface area contributed by atoms with Crippen molar-refractivity contribution in [1.29, 1.82) is 0 Å². The van der Waals surface area contributed by atoms with E-state index in [2.05, 4.69) is 16.6 Å². The topological polar surface area (TPSA) is 116 Å². The predicted octanol–water partition coefficient (Wildman–Crippen LogP) is 2.56. The number of likely N-dealkylation sites (tertiary alicyclic amines) is 1. The fourth-order valence-corrected chi connectivity index (χ4v) is 2.21. The van der Waals surface area contributed by atoms with E-state index in [0.29, 0.717) is 0 Å². The monoisotopic (exact) mass is 296 g/mol. The number of piperidine rings is 1. The number of amides is 1. The Hall–Kier alpha value is -2.21. The molecular formula is C13H20N4O4. The summed E-state index contributed by atoms with van der Waals surface area (Å²) in [6.07, 6.45) is 1.03. The van der Waals surface area contributed by atoms with E-state index in [9.17, 15) is 14.7 Å². The standard InChI is InChI=1S/C13H20N4O4/c1-5-9-6-13(10(18)19,15-16-14)8-17(7-9)11(20)21-12(2,3)4/h5,9H,1,6-8H2,2-4H3,(H,18,19). The highest BCUT2D eigenvalue weighted by molar-refractivity contribution is 5.81. The van der Waals surface area contributed by atoms with Gasteiger partial charge in [-0.05, 0) is 38.6 Å². The van der Waals surface area contributed by atoms with Crippen molar-refractivity contribution in [1.82, 2.24) is 4.90 Å². The lowest BCUT2D eigenvalue weighted by Crippen LogP contribution is -2.56. The molecule has 1 fully saturated rings. The van der Waals surface area contributed by atoms with Crippen molar-refractivity contribution in [3.05, 3.63) is 23.1 Å². The van der Waals surface area contributed by atoms with Gasteiger partial charge in [0.2, 0.25) is 0 Å². The molecule has 2 unspecified atom stereocenters. The molecule has 0 aliphatic carbocycles. The molecule has 0 saturated carbocycles. The van der Waals surface area contributed by atoms with Crippen LogP contribution < -0.4 is 0 Å². The largest absolute Gasteiger partial charge is 0.481 e. The van der Waals surface area contributed by atoms with Gasteiger partial charge in [0.1, 0.15) is 5.60 Å². The second-order valence-electron chi connectivity index (χ2n) is 6.09. The van der Waals surface area contributed by atoms with E-state index < -0.39 is 23.2 Å². The van der Waals surface area contributed by atoms with Crippen LogP contribution in [0.2, 0.25) is 0 Å². The normalized spacial score (nSPS) is 25.7. The smallest absolute Gasteiger partial charge is 0.410 e. The third-order valence-corrected chi connectivity index (χ3v) is 3.13. The molecular weight excluding hydrogens is 276 g/mol. The van der Waals surface area contributed by atoms with Gasteiger partial charge in [-0.1, -0.05) is 11.2 Å². The number of ether oxygens (including phenoxy) is 1. The first-order valence-corrected chi connectivity index (χ1v) is 6.53. The quantitative estimate of drug-likeness (QED) is 0.373. The van der Waals surface area contributed by atoms with Gasteiger partial charge in [-0.3, -0.25) is 4.79 Å². The number of carboxylic acid groups (broad SMARTS) is 1. The Balaban J connectivity index is 3.06. The molecule has 116 valence electrons. The van der Waals surface area contributed by atoms with Crippen molar-refractivity contribution < 1.29 is 19.4 Å². The van der Waals surface area contributed by atoms with Gasteiger partial charge >= 0.3 is 12.1 Å². The summed E-state index contributed by atoms with van der Waals surface area (Å²) in [5.74, 6) is -1.55. The molecule has 2 atom stereocenters. The van der Waals surface area contributed by atoms with Gasteiger partial charge in [-0.15, -0.1) is 6.58 Å². The summed E-state index contributed by atoms with van der Waals surface area (Å²) >= 11 is 0. The number of rotatable bonds is 3. The van der Waals surface area contributed by atoms with Crippen molar-refractivity contribution in [3.8, 4) is 0 Å². The van der Waals surface area contributed by atoms with Crippen LogP contribution in [0.1, 0.15) is 27.2 Å². The van der Waals surface area contributed by atoms with E-state index in [-0.39, 0.29) is 25.4 Å². The van der Waals surface area contributed by atoms with Crippen LogP contribution in [0.4, 0.5) is 4.79 Å². The molecule has 21 heavy (non-hydrogen) atoms. The Morgan fingerprint density at radius 2 is 2.19 bits per heavy atom. The highest BCUT2D eigenvalue weighted by Gasteiger charge is 2.47. The lowest BCUT2D eigenvalue weighted by molar-refractivity contribution is -0.145. The zero-order chi connectivity index (χ0) is 16.3. The van der Waals surface area contributed by atoms with Crippen LogP contribution in [0.25, 0.3) is 10.4 Å². The number of aliphatic carboxylic acids is 1. The number of hydrogen-bond acceptors (Lipinski definition) is 4. The first kappa shape index (κ1) is 16.8. The Kier molecular flexibility index (Phi) is 4.85. The second-order valence-corrected chi connectivity index (χ2v) is 6.09. The summed E-state index contributed by atoms with van der Waals surface area (Å²) in [5, 5.41) is 12.8. The molecule has 1 heterocycles. The van der Waals surface area contributed by atoms with E-state index in [1.165, 1.54) is 4.90 Å². The van der Waals surface area contributed by atoms with Crippen molar-refractivity contribution in [2.24, 2.45) is 11.0 Å². The number of carbonyl (C=O) groups excluding carboxylic acids is 1. The molecule has 0 spiro atoms. The predicted molar refractivity (Wildman–Crippen MR) is 75.6 cm³/mol. The fourth-order valence-electron chi connectivity index (χ4n) is 2.21. The van der Waals surface area contributed by atoms with Gasteiger partial charge in [-0.25, -0.2) is 4.79 Å². The lowest BCUT2D eigenvalue weighted by Gasteiger charge is -2.40. The van der Waals surface area contributed by atoms with Gasteiger partial charge in [0.05, 0.1) is 0 Å². The molecule has 1 aliphatic heterocycles. The molecule has 8 heteroatoms. The SMILES string of the molecule is C=CC1CN(C(=O)OC(C)(C)C)CC(N=[N+]=[N-])(C(=O)O)C1. The highest BCUT2D eigenvalue weighted by atomic mass is 16.6. The molecule has 1 amide bonds. The van der Waals surface area contributed by atoms with Crippen LogP contribution in [0.15, 0.2) is 17.8 Å². The van der Waals surface area contributed by atoms with Crippen molar-refractivity contribution in [2.75, 3.05) is 13.1 Å². The highest BCUT2D eigenvalue weighted by Crippen LogP contribution is 2.31. The Morgan fingerprint density at radius 1 is 1.57 bits per heavy atom. The Morgan fingerprint density at radius 3 is 2.62 bits per heavy atom. The summed E-state index contributed by atoms with van der Waals surface area (Å²) in [4.78, 5) is 27.5. The molecule has 1 saturated heterocycles. The van der Waals surface area contributed by atoms with E-state index >= 15 is 0 Å². The van der Waals surface area contributed by atoms with Gasteiger partial charge in [0.25, 0.3) is 0 Å². The summed E-state index contributed by atoms with van der Waals surface area (Å²) in [5.41, 5.74) is 6.25. The minimum Gasteiger partial charge on any atom is -0.481 e. The minimum atomic E-state index is -1.69. The molecule has 0 aromatic rings. The Labute approximate surface area is 123 Å². The summed E-state index contributed by atoms with van der Waals surface area (Å²) in [7, 11) is 0. The first-order chi connectivity index (χ1) is 9.63. The number of hydrogen-bond donors (Lipinski definition) is 1. The van der Waals surface area contributed by atoms with Crippen LogP contribution in [0.5, 0.6) is 0 Å². The van der Waals surface area contributed by atoms with Crippen LogP contribution in [-0.2, 0) is 9.53 Å². The minimum absolute atomic E-state index is 0.106. The zero-order valence-electron chi connectivity index (χ0n) is 12.4. The molecule has 0 aromatic carbocycles. The molecule has 1 aliphatic rings. The summed E-state index contributed by atoms with van der Waals surface area (Å²) in [6, 6.07) is 0. The molecule has 0 bridgehead atoms. The van der Waals surface area contributed by atoms with E-state index in [1.807, 2.05) is 0 Å². The van der Waals surface area contributed by atoms with Crippen molar-refractivity contribution >= 4 is 12.1 Å². The third-order valence-electron chi connectivity index (χ3n) is 3.13. The van der Waals surface area contributed by atoms with Crippen LogP contribution in [0.3, 0.4) is 0 Å². The molecule has 0 aromatic heterocycles. The third kappa shape index (κ3) is 4.13. The summed E-state index contributed by atoms with van der Waals surface area (Å²) in [6.45, 7) is 8.86. The van der Waals surface area contributed by atoms with E-state index in [1.54, 1.807) is 26.8 Å². The average molecular weight is 296 g/mol. The zero-order valence-corrected chi connectivity index (χ0v) is 12.4. The second kappa shape index (κ2) is 6.05. The average Bonchev–Trinajstić information content (AvgIpc) is 2.36. The number of azide groups is 1. The lowest BCUT2D eigenvalue weighted by atomic mass is 9.83. The number of carbonyl (C=O) groups is 2. The van der Waals surface area contributed by atoms with E-state index in [4.69, 9.17) is 10.3 Å². The first-order valence-electron chi connectivity index (χ1n) is 6.53. The fraction of sp³-hybridized carbons (Fsp3) is 0.692. The van der Waals surface area contributed by atoms with Crippen molar-refractivity contribution in [2.45, 2.75) is 38.3 Å². The van der Waals surface area contributed by atoms with Crippen LogP contribution in [0, 0.1) is 5.92 Å². The molecule has 1 N–H and O–H groups in total. The Bertz CT molecular complexity index is 489. The maximum Gasteiger partial charge on any atom is 0.410 e. The molecule has 0 radical (unpaired) electrons. The van der Waals surface area contributed by atoms with Crippen molar-refractivity contribution in [3.63, 3.8) is 0 Å².